The zero-order chi connectivity index (χ0) is 37.0. The largest absolute Gasteiger partial charge is 0.453 e. The molecule has 0 saturated heterocycles. The molecule has 11 aromatic rings. The molecule has 10 aromatic carbocycles. The second-order valence-corrected chi connectivity index (χ2v) is 14.4. The lowest BCUT2D eigenvalue weighted by Gasteiger charge is -2.26. The van der Waals surface area contributed by atoms with Gasteiger partial charge in [-0.25, -0.2) is 0 Å². The highest BCUT2D eigenvalue weighted by atomic mass is 16.3. The second kappa shape index (κ2) is 13.2. The minimum atomic E-state index is 0.853. The summed E-state index contributed by atoms with van der Waals surface area (Å²) in [5.74, 6) is 0. The first-order chi connectivity index (χ1) is 27.8. The maximum absolute atomic E-state index is 7.35. The highest BCUT2D eigenvalue weighted by molar-refractivity contribution is 6.33. The summed E-state index contributed by atoms with van der Waals surface area (Å²) in [7, 11) is 0. The van der Waals surface area contributed by atoms with Crippen LogP contribution in [-0.4, -0.2) is 0 Å². The molecule has 0 amide bonds. The molecule has 0 radical (unpaired) electrons. The van der Waals surface area contributed by atoms with Crippen LogP contribution in [0.4, 0.5) is 17.1 Å². The molecule has 0 aliphatic heterocycles. The summed E-state index contributed by atoms with van der Waals surface area (Å²) in [6.45, 7) is 0. The van der Waals surface area contributed by atoms with Crippen LogP contribution in [0.25, 0.3) is 87.6 Å². The average Bonchev–Trinajstić information content (AvgIpc) is 3.69. The number of benzene rings is 10. The fraction of sp³-hybridized carbons (Fsp3) is 0. The Balaban J connectivity index is 1.23. The van der Waals surface area contributed by atoms with Crippen LogP contribution in [0.15, 0.2) is 217 Å². The molecule has 262 valence electrons. The molecule has 2 heteroatoms. The Bertz CT molecular complexity index is 3130. The molecular weight excluding hydrogens is 679 g/mol. The number of rotatable bonds is 6. The van der Waals surface area contributed by atoms with Crippen molar-refractivity contribution in [3.05, 3.63) is 212 Å². The molecule has 0 aliphatic carbocycles. The van der Waals surface area contributed by atoms with Crippen LogP contribution in [0.1, 0.15) is 0 Å². The van der Waals surface area contributed by atoms with Crippen LogP contribution in [-0.2, 0) is 0 Å². The highest BCUT2D eigenvalue weighted by Crippen LogP contribution is 2.50. The molecule has 56 heavy (non-hydrogen) atoms. The predicted molar refractivity (Wildman–Crippen MR) is 237 cm³/mol. The summed E-state index contributed by atoms with van der Waals surface area (Å²) in [5.41, 5.74) is 11.9. The Labute approximate surface area is 325 Å². The van der Waals surface area contributed by atoms with E-state index in [0.717, 1.165) is 50.0 Å². The molecule has 0 aliphatic rings. The minimum Gasteiger partial charge on any atom is -0.453 e. The lowest BCUT2D eigenvalue weighted by Crippen LogP contribution is -2.10. The van der Waals surface area contributed by atoms with E-state index in [9.17, 15) is 0 Å². The maximum Gasteiger partial charge on any atom is 0.160 e. The van der Waals surface area contributed by atoms with Gasteiger partial charge in [0.2, 0.25) is 0 Å². The summed E-state index contributed by atoms with van der Waals surface area (Å²) in [6.07, 6.45) is 0. The van der Waals surface area contributed by atoms with Gasteiger partial charge >= 0.3 is 0 Å². The molecule has 0 spiro atoms. The summed E-state index contributed by atoms with van der Waals surface area (Å²) in [6, 6.07) is 76.2. The number of fused-ring (bicyclic) bond motifs is 9. The fourth-order valence-electron chi connectivity index (χ4n) is 8.64. The maximum atomic E-state index is 7.35. The van der Waals surface area contributed by atoms with Crippen molar-refractivity contribution >= 4 is 71.3 Å². The zero-order valence-electron chi connectivity index (χ0n) is 30.6. The Hall–Kier alpha value is -7.42. The minimum absolute atomic E-state index is 0.853. The smallest absolute Gasteiger partial charge is 0.160 e. The summed E-state index contributed by atoms with van der Waals surface area (Å²) in [5, 5.41) is 9.38. The first kappa shape index (κ1) is 32.0. The third kappa shape index (κ3) is 5.19. The SMILES string of the molecule is c1ccc(-c2ccc(N(c3ccc(-c4ccccc4)cc3)c3ccc(-c4cccc5ccccc45)c4c3oc3c5ccccc5c5ccccc5c34)cc2)cc1. The molecule has 1 heterocycles. The van der Waals surface area contributed by atoms with E-state index in [1.807, 2.05) is 0 Å². The molecule has 2 nitrogen and oxygen atoms in total. The van der Waals surface area contributed by atoms with Crippen LogP contribution >= 0.6 is 0 Å². The Morgan fingerprint density at radius 3 is 1.39 bits per heavy atom. The van der Waals surface area contributed by atoms with Gasteiger partial charge < -0.3 is 9.32 Å². The van der Waals surface area contributed by atoms with Gasteiger partial charge in [0.1, 0.15) is 5.58 Å². The van der Waals surface area contributed by atoms with Gasteiger partial charge in [0.05, 0.1) is 5.69 Å². The van der Waals surface area contributed by atoms with Gasteiger partial charge in [0.25, 0.3) is 0 Å². The Morgan fingerprint density at radius 2 is 0.768 bits per heavy atom. The molecule has 11 rings (SSSR count). The number of anilines is 3. The first-order valence-corrected chi connectivity index (χ1v) is 19.2. The van der Waals surface area contributed by atoms with Gasteiger partial charge in [-0.2, -0.15) is 0 Å². The van der Waals surface area contributed by atoms with Crippen LogP contribution in [0.3, 0.4) is 0 Å². The number of hydrogen-bond donors (Lipinski definition) is 0. The molecule has 0 saturated carbocycles. The van der Waals surface area contributed by atoms with Crippen molar-refractivity contribution in [1.82, 2.24) is 0 Å². The first-order valence-electron chi connectivity index (χ1n) is 19.2. The van der Waals surface area contributed by atoms with Crippen molar-refractivity contribution in [2.24, 2.45) is 0 Å². The fourth-order valence-corrected chi connectivity index (χ4v) is 8.64. The Morgan fingerprint density at radius 1 is 0.286 bits per heavy atom. The molecule has 0 bridgehead atoms. The highest BCUT2D eigenvalue weighted by Gasteiger charge is 2.25. The molecule has 0 fully saturated rings. The lowest BCUT2D eigenvalue weighted by molar-refractivity contribution is 0.673. The van der Waals surface area contributed by atoms with Gasteiger partial charge in [0.15, 0.2) is 5.58 Å². The van der Waals surface area contributed by atoms with Gasteiger partial charge in [-0.15, -0.1) is 0 Å². The number of hydrogen-bond acceptors (Lipinski definition) is 2. The Kier molecular flexibility index (Phi) is 7.53. The predicted octanol–water partition coefficient (Wildman–Crippen LogP) is 15.5. The monoisotopic (exact) mass is 713 g/mol. The third-order valence-corrected chi connectivity index (χ3v) is 11.3. The average molecular weight is 714 g/mol. The van der Waals surface area contributed by atoms with Gasteiger partial charge in [-0.05, 0) is 90.6 Å². The topological polar surface area (TPSA) is 16.4 Å². The third-order valence-electron chi connectivity index (χ3n) is 11.3. The van der Waals surface area contributed by atoms with Crippen LogP contribution in [0.2, 0.25) is 0 Å². The van der Waals surface area contributed by atoms with E-state index in [1.165, 1.54) is 54.7 Å². The number of nitrogens with zero attached hydrogens (tertiary/aromatic N) is 1. The van der Waals surface area contributed by atoms with Crippen LogP contribution in [0.5, 0.6) is 0 Å². The van der Waals surface area contributed by atoms with E-state index in [1.54, 1.807) is 0 Å². The standard InChI is InChI=1S/C54H35NO/c1-3-14-36(15-4-1)38-26-30-41(31-27-38)55(42-32-28-39(29-33-42)37-16-5-2-6-17-37)50-35-34-48(44-25-13-19-40-18-7-8-20-43(40)44)52-51-47-23-11-9-21-45(47)46-22-10-12-24-49(46)53(51)56-54(50)52/h1-35H. The molecular formula is C54H35NO. The van der Waals surface area contributed by atoms with Crippen LogP contribution < -0.4 is 4.90 Å². The zero-order valence-corrected chi connectivity index (χ0v) is 30.6. The molecule has 1 aromatic heterocycles. The quantitative estimate of drug-likeness (QED) is 0.160. The van der Waals surface area contributed by atoms with Crippen molar-refractivity contribution in [1.29, 1.82) is 0 Å². The van der Waals surface area contributed by atoms with E-state index >= 15 is 0 Å². The van der Waals surface area contributed by atoms with Crippen molar-refractivity contribution in [3.8, 4) is 33.4 Å². The van der Waals surface area contributed by atoms with Crippen molar-refractivity contribution in [2.45, 2.75) is 0 Å². The molecule has 0 unspecified atom stereocenters. The van der Waals surface area contributed by atoms with Crippen LogP contribution in [0, 0.1) is 0 Å². The van der Waals surface area contributed by atoms with E-state index in [2.05, 4.69) is 217 Å². The van der Waals surface area contributed by atoms with E-state index < -0.39 is 0 Å². The summed E-state index contributed by atoms with van der Waals surface area (Å²) < 4.78 is 7.35. The number of furan rings is 1. The lowest BCUT2D eigenvalue weighted by atomic mass is 9.91. The summed E-state index contributed by atoms with van der Waals surface area (Å²) in [4.78, 5) is 2.35. The van der Waals surface area contributed by atoms with Crippen molar-refractivity contribution in [3.63, 3.8) is 0 Å². The molecule has 0 atom stereocenters. The van der Waals surface area contributed by atoms with E-state index in [-0.39, 0.29) is 0 Å². The van der Waals surface area contributed by atoms with Crippen molar-refractivity contribution < 1.29 is 4.42 Å². The summed E-state index contributed by atoms with van der Waals surface area (Å²) >= 11 is 0. The van der Waals surface area contributed by atoms with Gasteiger partial charge in [0, 0.05) is 27.5 Å². The van der Waals surface area contributed by atoms with Gasteiger partial charge in [-0.3, -0.25) is 0 Å². The van der Waals surface area contributed by atoms with E-state index in [0.29, 0.717) is 0 Å². The van der Waals surface area contributed by atoms with Crippen molar-refractivity contribution in [2.75, 3.05) is 4.90 Å². The second-order valence-electron chi connectivity index (χ2n) is 14.4. The van der Waals surface area contributed by atoms with Gasteiger partial charge in [-0.1, -0.05) is 182 Å². The van der Waals surface area contributed by atoms with E-state index in [4.69, 9.17) is 4.42 Å². The molecule has 0 N–H and O–H groups in total. The normalized spacial score (nSPS) is 11.6.